The number of halogens is 6. The number of β-amino-alcohol motifs (C(OH)–C–C–N with tert-alkyl or cyclic N) is 1. The predicted molar refractivity (Wildman–Crippen MR) is 190 cm³/mol. The number of carbonyl (C=O) groups excluding carboxylic acids is 1. The number of nitrogen functional groups attached to an aromatic ring is 1. The lowest BCUT2D eigenvalue weighted by Gasteiger charge is -2.43. The van der Waals surface area contributed by atoms with Crippen LogP contribution in [0.2, 0.25) is 0 Å². The molecule has 1 aliphatic heterocycles. The van der Waals surface area contributed by atoms with E-state index in [0.29, 0.717) is 55.7 Å². The maximum atomic E-state index is 15.5. The maximum absolute atomic E-state index is 15.5. The zero-order chi connectivity index (χ0) is 38.7. The molecule has 2 aliphatic carbocycles. The lowest BCUT2D eigenvalue weighted by molar-refractivity contribution is -0.123. The van der Waals surface area contributed by atoms with Crippen LogP contribution in [0, 0.1) is 29.4 Å². The monoisotopic (exact) mass is 777 g/mol. The molecule has 6 aromatic rings. The molecule has 3 atom stereocenters. The molecule has 2 aromatic carbocycles. The van der Waals surface area contributed by atoms with Crippen molar-refractivity contribution in [2.24, 2.45) is 13.0 Å². The number of alkyl halides is 4. The number of rotatable bonds is 9. The van der Waals surface area contributed by atoms with Crippen molar-refractivity contribution in [1.82, 2.24) is 34.8 Å². The Bertz CT molecular complexity index is 2630. The molecule has 0 bridgehead atoms. The fourth-order valence-corrected chi connectivity index (χ4v) is 8.84. The summed E-state index contributed by atoms with van der Waals surface area (Å²) in [6.45, 7) is 1.49. The third kappa shape index (κ3) is 5.66. The van der Waals surface area contributed by atoms with Gasteiger partial charge in [-0.05, 0) is 43.2 Å². The third-order valence-corrected chi connectivity index (χ3v) is 11.3. The molecule has 0 radical (unpaired) electrons. The van der Waals surface area contributed by atoms with Gasteiger partial charge in [0.1, 0.15) is 35.5 Å². The molecule has 4 aromatic heterocycles. The molecule has 1 amide bonds. The molecule has 0 unspecified atom stereocenters. The molecule has 4 N–H and O–H groups in total. The number of aromatic nitrogens is 6. The smallest absolute Gasteiger partial charge is 0.304 e. The number of thiazole rings is 1. The minimum atomic E-state index is -3.64. The number of anilines is 2. The number of hydrogen-bond donors (Lipinski definition) is 3. The summed E-state index contributed by atoms with van der Waals surface area (Å²) in [5, 5.41) is 22.5. The van der Waals surface area contributed by atoms with E-state index in [0.717, 1.165) is 12.1 Å². The Hall–Kier alpha value is -5.67. The number of nitrogens with zero attached hydrogens (tertiary/aromatic N) is 7. The summed E-state index contributed by atoms with van der Waals surface area (Å²) < 4.78 is 91.2. The van der Waals surface area contributed by atoms with E-state index < -0.39 is 71.3 Å². The highest BCUT2D eigenvalue weighted by molar-refractivity contribution is 7.22. The molecular weight excluding hydrogens is 749 g/mol. The van der Waals surface area contributed by atoms with Crippen LogP contribution in [0.5, 0.6) is 0 Å². The molecule has 1 saturated heterocycles. The molecule has 11 nitrogen and oxygen atoms in total. The highest BCUT2D eigenvalue weighted by Gasteiger charge is 2.60. The lowest BCUT2D eigenvalue weighted by atomic mass is 9.84. The van der Waals surface area contributed by atoms with Crippen molar-refractivity contribution < 1.29 is 36.2 Å². The van der Waals surface area contributed by atoms with E-state index in [1.807, 2.05) is 11.0 Å². The van der Waals surface area contributed by atoms with E-state index in [2.05, 4.69) is 27.4 Å². The van der Waals surface area contributed by atoms with Crippen molar-refractivity contribution in [3.05, 3.63) is 82.3 Å². The summed E-state index contributed by atoms with van der Waals surface area (Å²) >= 11 is 1.32. The van der Waals surface area contributed by atoms with Gasteiger partial charge in [-0.15, -0.1) is 0 Å². The van der Waals surface area contributed by atoms with Crippen LogP contribution in [0.25, 0.3) is 32.4 Å². The second kappa shape index (κ2) is 12.2. The second-order valence-corrected chi connectivity index (χ2v) is 15.4. The predicted octanol–water partition coefficient (Wildman–Crippen LogP) is 5.73. The van der Waals surface area contributed by atoms with Gasteiger partial charge in [-0.25, -0.2) is 22.5 Å². The van der Waals surface area contributed by atoms with E-state index in [-0.39, 0.29) is 34.7 Å². The Labute approximate surface area is 311 Å². The largest absolute Gasteiger partial charge is 0.386 e. The van der Waals surface area contributed by atoms with Crippen LogP contribution in [0.15, 0.2) is 42.5 Å². The first-order valence-electron chi connectivity index (χ1n) is 17.1. The van der Waals surface area contributed by atoms with Gasteiger partial charge >= 0.3 is 5.92 Å². The first-order valence-corrected chi connectivity index (χ1v) is 17.9. The van der Waals surface area contributed by atoms with Gasteiger partial charge in [-0.3, -0.25) is 14.2 Å². The highest BCUT2D eigenvalue weighted by Crippen LogP contribution is 2.57. The number of aryl methyl sites for hydroxylation is 1. The normalized spacial score (nSPS) is 19.5. The number of nitrogens with two attached hydrogens (primary N) is 1. The van der Waals surface area contributed by atoms with Crippen LogP contribution in [0.1, 0.15) is 53.5 Å². The van der Waals surface area contributed by atoms with Crippen molar-refractivity contribution >= 4 is 49.4 Å². The van der Waals surface area contributed by atoms with Gasteiger partial charge in [0, 0.05) is 35.2 Å². The topological polar surface area (TPSA) is 140 Å². The molecule has 5 heterocycles. The second-order valence-electron chi connectivity index (χ2n) is 14.4. The van der Waals surface area contributed by atoms with E-state index in [1.54, 1.807) is 36.9 Å². The number of nitrogens with one attached hydrogen (secondary N) is 1. The van der Waals surface area contributed by atoms with Gasteiger partial charge in [0.2, 0.25) is 5.91 Å². The van der Waals surface area contributed by atoms with Crippen molar-refractivity contribution in [1.29, 1.82) is 0 Å². The van der Waals surface area contributed by atoms with Crippen LogP contribution < -0.4 is 16.0 Å². The van der Waals surface area contributed by atoms with Crippen molar-refractivity contribution in [3.8, 4) is 23.0 Å². The number of aliphatic hydroxyl groups is 1. The zero-order valence-corrected chi connectivity index (χ0v) is 29.7. The molecule has 55 heavy (non-hydrogen) atoms. The van der Waals surface area contributed by atoms with Crippen molar-refractivity contribution in [2.45, 2.75) is 49.8 Å². The van der Waals surface area contributed by atoms with E-state index in [9.17, 15) is 27.5 Å². The first-order chi connectivity index (χ1) is 26.1. The van der Waals surface area contributed by atoms with E-state index in [4.69, 9.17) is 15.7 Å². The highest BCUT2D eigenvalue weighted by atomic mass is 32.1. The molecule has 1 fully saturated rings. The number of para-hydroxylation sites is 1. The minimum absolute atomic E-state index is 0.126. The number of carbonyl (C=O) groups is 1. The Morgan fingerprint density at radius 3 is 2.49 bits per heavy atom. The Balaban J connectivity index is 1.18. The fraction of sp³-hybridized carbons (Fsp3) is 0.324. The number of pyridine rings is 1. The number of hydrogen-bond acceptors (Lipinski definition) is 9. The van der Waals surface area contributed by atoms with Gasteiger partial charge in [-0.1, -0.05) is 35.3 Å². The van der Waals surface area contributed by atoms with Crippen LogP contribution in [-0.2, 0) is 30.7 Å². The standard InChI is InChI=1S/C37H29F6N9O2S/c1-36(54)14-51(15-36)35-47-34-25(55-35)12-22(19-4-3-5-21-30(19)50(2)49-33(21)44)28(46-34)24(10-16-8-17(38)11-18(39)9-16)45-26(53)13-52-31-27(29(48-52)32(40)41)20-6-7-23(20)37(31,42)43/h3-5,8-9,11-12,20,23-24,32,54H,10,13-15H2,1-2H3,(H2,44,49)(H,45,53)/t20-,23+,24-/m0/s1. The van der Waals surface area contributed by atoms with Crippen molar-refractivity contribution in [2.75, 3.05) is 23.7 Å². The zero-order valence-electron chi connectivity index (χ0n) is 28.9. The average Bonchev–Trinajstić information content (AvgIpc) is 3.77. The first kappa shape index (κ1) is 35.1. The molecule has 3 aliphatic rings. The maximum Gasteiger partial charge on any atom is 0.304 e. The molecule has 18 heteroatoms. The fourth-order valence-electron chi connectivity index (χ4n) is 7.90. The number of benzene rings is 2. The Morgan fingerprint density at radius 2 is 1.82 bits per heavy atom. The Kier molecular flexibility index (Phi) is 7.76. The van der Waals surface area contributed by atoms with Gasteiger partial charge in [0.05, 0.1) is 46.6 Å². The van der Waals surface area contributed by atoms with Crippen LogP contribution in [-0.4, -0.2) is 59.2 Å². The summed E-state index contributed by atoms with van der Waals surface area (Å²) in [4.78, 5) is 25.5. The number of amides is 1. The number of fused-ring (bicyclic) bond motifs is 5. The van der Waals surface area contributed by atoms with Gasteiger partial charge in [-0.2, -0.15) is 24.0 Å². The molecule has 0 saturated carbocycles. The summed E-state index contributed by atoms with van der Waals surface area (Å²) in [6, 6.07) is 8.83. The molecular formula is C37H29F6N9O2S. The molecule has 9 rings (SSSR count). The SMILES string of the molecule is Cn1nc(N)c2cccc(-c3cc4sc(N5CC(C)(O)C5)nc4nc3[C@H](Cc3cc(F)cc(F)c3)NC(=O)Cn3nc(C(F)F)c4c3C(F)(F)[C@@H]3C#C[C@H]43)c21. The van der Waals surface area contributed by atoms with Crippen LogP contribution >= 0.6 is 11.3 Å². The summed E-state index contributed by atoms with van der Waals surface area (Å²) in [7, 11) is 1.70. The van der Waals surface area contributed by atoms with Crippen LogP contribution in [0.4, 0.5) is 37.3 Å². The van der Waals surface area contributed by atoms with Gasteiger partial charge in [0.15, 0.2) is 16.6 Å². The van der Waals surface area contributed by atoms with Gasteiger partial charge in [0.25, 0.3) is 6.43 Å². The summed E-state index contributed by atoms with van der Waals surface area (Å²) in [5.41, 5.74) is 5.55. The van der Waals surface area contributed by atoms with Crippen LogP contribution in [0.3, 0.4) is 0 Å². The molecule has 0 spiro atoms. The van der Waals surface area contributed by atoms with E-state index in [1.165, 1.54) is 11.3 Å². The quantitative estimate of drug-likeness (QED) is 0.125. The third-order valence-electron chi connectivity index (χ3n) is 10.2. The molecule has 282 valence electrons. The van der Waals surface area contributed by atoms with E-state index >= 15 is 8.78 Å². The average molecular weight is 778 g/mol. The summed E-state index contributed by atoms with van der Waals surface area (Å²) in [5.74, 6) is -3.81. The van der Waals surface area contributed by atoms with Gasteiger partial charge < -0.3 is 21.1 Å². The minimum Gasteiger partial charge on any atom is -0.386 e. The van der Waals surface area contributed by atoms with Crippen molar-refractivity contribution in [3.63, 3.8) is 0 Å². The summed E-state index contributed by atoms with van der Waals surface area (Å²) in [6.07, 6.45) is -3.44. The Morgan fingerprint density at radius 1 is 1.07 bits per heavy atom. The lowest BCUT2D eigenvalue weighted by Crippen LogP contribution is -2.60.